The Kier molecular flexibility index (Phi) is 7.54. The number of para-hydroxylation sites is 1. The number of benzene rings is 1. The summed E-state index contributed by atoms with van der Waals surface area (Å²) in [5.74, 6) is -2.30. The van der Waals surface area contributed by atoms with E-state index < -0.39 is 62.1 Å². The smallest absolute Gasteiger partial charge is 0.403 e. The van der Waals surface area contributed by atoms with Crippen LogP contribution in [0.25, 0.3) is 10.9 Å². The van der Waals surface area contributed by atoms with Crippen LogP contribution in [0.1, 0.15) is 18.2 Å². The first-order chi connectivity index (χ1) is 17.1. The van der Waals surface area contributed by atoms with Gasteiger partial charge >= 0.3 is 19.4 Å². The van der Waals surface area contributed by atoms with Crippen molar-refractivity contribution >= 4 is 30.4 Å². The predicted molar refractivity (Wildman–Crippen MR) is 124 cm³/mol. The number of ether oxygens (including phenoxy) is 2. The Morgan fingerprint density at radius 2 is 2.22 bits per heavy atom. The maximum atomic E-state index is 13.7. The number of nitrogens with two attached hydrogens (primary N) is 1. The summed E-state index contributed by atoms with van der Waals surface area (Å²) >= 11 is 0. The van der Waals surface area contributed by atoms with Crippen LogP contribution in [-0.4, -0.2) is 62.5 Å². The van der Waals surface area contributed by atoms with Crippen molar-refractivity contribution in [1.29, 1.82) is 0 Å². The van der Waals surface area contributed by atoms with E-state index >= 15 is 0 Å². The van der Waals surface area contributed by atoms with Gasteiger partial charge in [-0.25, -0.2) is 18.8 Å². The van der Waals surface area contributed by atoms with Crippen molar-refractivity contribution < 1.29 is 37.7 Å². The summed E-state index contributed by atoms with van der Waals surface area (Å²) in [5.41, 5.74) is 5.92. The van der Waals surface area contributed by atoms with Gasteiger partial charge in [-0.15, -0.1) is 0 Å². The third-order valence-electron chi connectivity index (χ3n) is 5.77. The van der Waals surface area contributed by atoms with E-state index in [9.17, 15) is 28.5 Å². The summed E-state index contributed by atoms with van der Waals surface area (Å²) in [6, 6.07) is 6.13. The fraction of sp³-hybridized carbons (Fsp3) is 0.381. The van der Waals surface area contributed by atoms with Crippen LogP contribution >= 0.6 is 7.75 Å². The van der Waals surface area contributed by atoms with Gasteiger partial charge in [-0.2, -0.15) is 4.98 Å². The van der Waals surface area contributed by atoms with Crippen molar-refractivity contribution in [3.63, 3.8) is 0 Å². The van der Waals surface area contributed by atoms with Crippen molar-refractivity contribution in [2.24, 2.45) is 0 Å². The average molecular weight is 525 g/mol. The molecule has 0 spiro atoms. The molecule has 1 fully saturated rings. The molecule has 0 radical (unpaired) electrons. The Hall–Kier alpha value is -3.13. The lowest BCUT2D eigenvalue weighted by Gasteiger charge is -2.22. The summed E-state index contributed by atoms with van der Waals surface area (Å²) in [6.07, 6.45) is -1.05. The fourth-order valence-corrected chi connectivity index (χ4v) is 4.97. The average Bonchev–Trinajstić information content (AvgIpc) is 3.42. The number of H-pyrrole nitrogens is 1. The van der Waals surface area contributed by atoms with Crippen molar-refractivity contribution in [3.05, 3.63) is 58.5 Å². The van der Waals surface area contributed by atoms with Gasteiger partial charge in [0.1, 0.15) is 18.4 Å². The number of rotatable bonds is 9. The first kappa shape index (κ1) is 25.9. The molecule has 194 valence electrons. The van der Waals surface area contributed by atoms with E-state index in [2.05, 4.69) is 15.1 Å². The first-order valence-corrected chi connectivity index (χ1v) is 12.4. The van der Waals surface area contributed by atoms with Crippen molar-refractivity contribution in [2.75, 3.05) is 19.5 Å². The number of aliphatic hydroxyl groups is 1. The van der Waals surface area contributed by atoms with Crippen molar-refractivity contribution in [2.45, 2.75) is 37.3 Å². The normalized spacial score (nSPS) is 22.4. The number of anilines is 1. The molecule has 0 amide bonds. The number of nitrogens with zero attached hydrogens (tertiary/aromatic N) is 2. The van der Waals surface area contributed by atoms with E-state index in [-0.39, 0.29) is 12.8 Å². The number of aromatic amines is 1. The SMILES string of the molecule is COC(=O)[C@H](Cc1c[nH]c2ccccc12)NP(=O)(O)OC[C@H]1O[C@@H](n2cc(F)c(N)nc2=O)C[C@@H]1O. The molecule has 0 bridgehead atoms. The number of esters is 1. The van der Waals surface area contributed by atoms with Gasteiger partial charge in [0.25, 0.3) is 0 Å². The highest BCUT2D eigenvalue weighted by atomic mass is 31.2. The lowest BCUT2D eigenvalue weighted by molar-refractivity contribution is -0.142. The molecule has 4 rings (SSSR count). The second kappa shape index (κ2) is 10.5. The van der Waals surface area contributed by atoms with Gasteiger partial charge in [-0.3, -0.25) is 13.9 Å². The monoisotopic (exact) mass is 525 g/mol. The first-order valence-electron chi connectivity index (χ1n) is 10.8. The zero-order valence-electron chi connectivity index (χ0n) is 19.0. The Bertz CT molecular complexity index is 1360. The molecule has 3 aromatic rings. The van der Waals surface area contributed by atoms with Crippen LogP contribution < -0.4 is 16.5 Å². The van der Waals surface area contributed by atoms with Gasteiger partial charge in [-0.05, 0) is 11.6 Å². The second-order valence-corrected chi connectivity index (χ2v) is 9.74. The van der Waals surface area contributed by atoms with Crippen LogP contribution in [0.15, 0.2) is 41.5 Å². The Morgan fingerprint density at radius 3 is 2.97 bits per heavy atom. The van der Waals surface area contributed by atoms with Gasteiger partial charge in [0.05, 0.1) is 26.0 Å². The van der Waals surface area contributed by atoms with Gasteiger partial charge in [0, 0.05) is 29.9 Å². The van der Waals surface area contributed by atoms with Gasteiger partial charge in [0.2, 0.25) is 0 Å². The second-order valence-electron chi connectivity index (χ2n) is 8.18. The number of carbonyl (C=O) groups excluding carboxylic acids is 1. The van der Waals surface area contributed by atoms with E-state index in [1.165, 1.54) is 0 Å². The Balaban J connectivity index is 1.41. The van der Waals surface area contributed by atoms with Crippen LogP contribution in [0.2, 0.25) is 0 Å². The number of nitrogen functional groups attached to an aromatic ring is 1. The highest BCUT2D eigenvalue weighted by Crippen LogP contribution is 2.40. The highest BCUT2D eigenvalue weighted by molar-refractivity contribution is 7.50. The van der Waals surface area contributed by atoms with Crippen LogP contribution in [-0.2, 0) is 29.8 Å². The highest BCUT2D eigenvalue weighted by Gasteiger charge is 2.38. The fourth-order valence-electron chi connectivity index (χ4n) is 3.95. The zero-order valence-corrected chi connectivity index (χ0v) is 19.9. The minimum atomic E-state index is -4.60. The number of hydrogen-bond acceptors (Lipinski definition) is 9. The van der Waals surface area contributed by atoms with E-state index in [4.69, 9.17) is 19.7 Å². The van der Waals surface area contributed by atoms with Crippen LogP contribution in [0.5, 0.6) is 0 Å². The number of carbonyl (C=O) groups is 1. The molecule has 1 aliphatic rings. The van der Waals surface area contributed by atoms with E-state index in [0.29, 0.717) is 5.56 Å². The Labute approximate surface area is 203 Å². The molecule has 13 nitrogen and oxygen atoms in total. The molecule has 0 aliphatic carbocycles. The van der Waals surface area contributed by atoms with Gasteiger partial charge in [-0.1, -0.05) is 18.2 Å². The largest absolute Gasteiger partial charge is 0.468 e. The molecule has 0 saturated carbocycles. The van der Waals surface area contributed by atoms with Crippen molar-refractivity contribution in [3.8, 4) is 0 Å². The van der Waals surface area contributed by atoms with E-state index in [1.807, 2.05) is 24.3 Å². The maximum absolute atomic E-state index is 13.7. The molecular weight excluding hydrogens is 500 g/mol. The minimum absolute atomic E-state index is 0.0217. The van der Waals surface area contributed by atoms with E-state index in [1.54, 1.807) is 6.20 Å². The van der Waals surface area contributed by atoms with Crippen molar-refractivity contribution in [1.82, 2.24) is 19.6 Å². The number of aromatic nitrogens is 3. The maximum Gasteiger partial charge on any atom is 0.403 e. The third-order valence-corrected chi connectivity index (χ3v) is 6.90. The molecule has 1 saturated heterocycles. The standard InChI is InChI=1S/C21H25FN5O8P/c1-33-20(29)15(6-11-8-24-14-5-3-2-4-12(11)14)26-36(31,32)34-10-17-16(28)7-18(35-17)27-9-13(22)19(23)25-21(27)30/h2-5,8-9,15-18,24,28H,6-7,10H2,1H3,(H2,23,25,30)(H2,26,31,32)/t15-,16-,17+,18+/m0/s1. The molecule has 3 heterocycles. The number of nitrogens with one attached hydrogen (secondary N) is 2. The number of aliphatic hydroxyl groups excluding tert-OH is 1. The molecule has 1 aromatic carbocycles. The quantitative estimate of drug-likeness (QED) is 0.194. The topological polar surface area (TPSA) is 191 Å². The van der Waals surface area contributed by atoms with Gasteiger partial charge < -0.3 is 30.2 Å². The lowest BCUT2D eigenvalue weighted by atomic mass is 10.1. The van der Waals surface area contributed by atoms with Gasteiger partial charge in [0.15, 0.2) is 11.6 Å². The summed E-state index contributed by atoms with van der Waals surface area (Å²) in [5, 5.41) is 13.4. The number of hydrogen-bond donors (Lipinski definition) is 5. The zero-order chi connectivity index (χ0) is 26.0. The summed E-state index contributed by atoms with van der Waals surface area (Å²) < 4.78 is 42.7. The summed E-state index contributed by atoms with van der Waals surface area (Å²) in [6.45, 7) is -0.570. The number of methoxy groups -OCH3 is 1. The lowest BCUT2D eigenvalue weighted by Crippen LogP contribution is -2.38. The molecule has 15 heteroatoms. The molecule has 1 aliphatic heterocycles. The summed E-state index contributed by atoms with van der Waals surface area (Å²) in [4.78, 5) is 41.1. The molecule has 1 unspecified atom stereocenters. The van der Waals surface area contributed by atoms with Crippen LogP contribution in [0.3, 0.4) is 0 Å². The molecular formula is C21H25FN5O8P. The van der Waals surface area contributed by atoms with Crippen LogP contribution in [0, 0.1) is 5.82 Å². The molecule has 6 N–H and O–H groups in total. The number of fused-ring (bicyclic) bond motifs is 1. The molecule has 2 aromatic heterocycles. The number of halogens is 1. The Morgan fingerprint density at radius 1 is 1.47 bits per heavy atom. The molecule has 5 atom stereocenters. The third kappa shape index (κ3) is 5.64. The minimum Gasteiger partial charge on any atom is -0.468 e. The van der Waals surface area contributed by atoms with E-state index in [0.717, 1.165) is 28.8 Å². The van der Waals surface area contributed by atoms with Crippen LogP contribution in [0.4, 0.5) is 10.2 Å². The summed E-state index contributed by atoms with van der Waals surface area (Å²) in [7, 11) is -3.45. The predicted octanol–water partition coefficient (Wildman–Crippen LogP) is 0.585. The molecule has 36 heavy (non-hydrogen) atoms.